The molecular formula is C30H31FN6O. The molecule has 8 heteroatoms. The number of nitrogens with two attached hydrogens (primary N) is 1. The summed E-state index contributed by atoms with van der Waals surface area (Å²) in [5, 5.41) is 2.31. The average Bonchev–Trinajstić information content (AvgIpc) is 3.69. The van der Waals surface area contributed by atoms with Crippen LogP contribution in [0.1, 0.15) is 42.5 Å². The van der Waals surface area contributed by atoms with Crippen molar-refractivity contribution in [2.45, 2.75) is 50.7 Å². The molecule has 7 nitrogen and oxygen atoms in total. The van der Waals surface area contributed by atoms with E-state index in [1.54, 1.807) is 6.07 Å². The van der Waals surface area contributed by atoms with Crippen LogP contribution in [0.5, 0.6) is 0 Å². The third-order valence-corrected chi connectivity index (χ3v) is 9.56. The Morgan fingerprint density at radius 3 is 2.68 bits per heavy atom. The number of amides is 1. The Bertz CT molecular complexity index is 1760. The van der Waals surface area contributed by atoms with Crippen LogP contribution >= 0.6 is 0 Å². The molecule has 5 aromatic rings. The molecule has 3 N–H and O–H groups in total. The number of carbonyl (C=O) groups excluding carboxylic acids is 1. The molecule has 194 valence electrons. The van der Waals surface area contributed by atoms with E-state index in [1.807, 2.05) is 22.7 Å². The number of rotatable bonds is 4. The fourth-order valence-corrected chi connectivity index (χ4v) is 7.29. The zero-order valence-corrected chi connectivity index (χ0v) is 21.5. The summed E-state index contributed by atoms with van der Waals surface area (Å²) in [6.45, 7) is 1.57. The first-order chi connectivity index (χ1) is 18.5. The monoisotopic (exact) mass is 510 g/mol. The third-order valence-electron chi connectivity index (χ3n) is 9.56. The Balaban J connectivity index is 1.27. The quantitative estimate of drug-likeness (QED) is 0.350. The van der Waals surface area contributed by atoms with E-state index in [1.165, 1.54) is 36.2 Å². The number of nitrogens with one attached hydrogen (secondary N) is 1. The summed E-state index contributed by atoms with van der Waals surface area (Å²) in [7, 11) is 1.86. The number of piperidine rings is 1. The molecule has 4 heterocycles. The van der Waals surface area contributed by atoms with E-state index >= 15 is 4.39 Å². The topological polar surface area (TPSA) is 84.9 Å². The molecule has 2 bridgehead atoms. The number of fused-ring (bicyclic) bond motifs is 6. The molecule has 3 aliphatic rings. The van der Waals surface area contributed by atoms with Crippen molar-refractivity contribution in [3.05, 3.63) is 54.0 Å². The van der Waals surface area contributed by atoms with Crippen molar-refractivity contribution in [3.8, 4) is 11.5 Å². The van der Waals surface area contributed by atoms with Gasteiger partial charge < -0.3 is 24.8 Å². The maximum Gasteiger partial charge on any atom is 0.254 e. The summed E-state index contributed by atoms with van der Waals surface area (Å²) in [5.74, 6) is 1.12. The van der Waals surface area contributed by atoms with Crippen LogP contribution in [0, 0.1) is 17.7 Å². The van der Waals surface area contributed by atoms with Crippen LogP contribution in [0.15, 0.2) is 42.6 Å². The SMILES string of the molecule is Cn1c(-c2cc3ccc4cc[nH]c4c3n2CC2CCC2)nc2cc(C(=O)N3C[C@H]4CC[C@@H]3[C@@H]4N)cc(F)c21. The molecule has 38 heavy (non-hydrogen) atoms. The van der Waals surface area contributed by atoms with Crippen molar-refractivity contribution in [1.82, 2.24) is 24.0 Å². The number of aryl methyl sites for hydroxylation is 1. The van der Waals surface area contributed by atoms with Crippen LogP contribution in [-0.4, -0.2) is 48.5 Å². The van der Waals surface area contributed by atoms with Crippen LogP contribution in [0.25, 0.3) is 44.4 Å². The normalized spacial score (nSPS) is 23.3. The zero-order chi connectivity index (χ0) is 25.7. The molecule has 1 saturated heterocycles. The lowest BCUT2D eigenvalue weighted by molar-refractivity contribution is 0.0700. The Labute approximate surface area is 219 Å². The highest BCUT2D eigenvalue weighted by Crippen LogP contribution is 2.39. The number of H-pyrrole nitrogens is 1. The van der Waals surface area contributed by atoms with E-state index in [0.29, 0.717) is 40.8 Å². The summed E-state index contributed by atoms with van der Waals surface area (Å²) in [4.78, 5) is 23.7. The molecule has 2 aliphatic carbocycles. The van der Waals surface area contributed by atoms with Crippen LogP contribution in [0.2, 0.25) is 0 Å². The highest BCUT2D eigenvalue weighted by molar-refractivity contribution is 6.06. The second-order valence-electron chi connectivity index (χ2n) is 11.6. The fraction of sp³-hybridized carbons (Fsp3) is 0.400. The lowest BCUT2D eigenvalue weighted by Gasteiger charge is -2.27. The first kappa shape index (κ1) is 22.3. The summed E-state index contributed by atoms with van der Waals surface area (Å²) in [5.41, 5.74) is 10.9. The number of hydrogen-bond acceptors (Lipinski definition) is 3. The smallest absolute Gasteiger partial charge is 0.254 e. The Kier molecular flexibility index (Phi) is 4.66. The average molecular weight is 511 g/mol. The maximum absolute atomic E-state index is 15.6. The molecule has 3 fully saturated rings. The largest absolute Gasteiger partial charge is 0.359 e. The molecule has 8 rings (SSSR count). The molecule has 3 atom stereocenters. The lowest BCUT2D eigenvalue weighted by atomic mass is 9.85. The first-order valence-electron chi connectivity index (χ1n) is 13.8. The molecule has 1 aliphatic heterocycles. The van der Waals surface area contributed by atoms with Gasteiger partial charge in [-0.2, -0.15) is 0 Å². The molecule has 0 radical (unpaired) electrons. The van der Waals surface area contributed by atoms with Crippen molar-refractivity contribution in [2.75, 3.05) is 6.54 Å². The highest BCUT2D eigenvalue weighted by Gasteiger charge is 2.47. The van der Waals surface area contributed by atoms with Gasteiger partial charge in [-0.1, -0.05) is 18.6 Å². The van der Waals surface area contributed by atoms with E-state index in [-0.39, 0.29) is 18.0 Å². The van der Waals surface area contributed by atoms with E-state index in [2.05, 4.69) is 33.8 Å². The number of aromatic amines is 1. The maximum atomic E-state index is 15.6. The molecule has 0 unspecified atom stereocenters. The highest BCUT2D eigenvalue weighted by atomic mass is 19.1. The molecule has 1 amide bonds. The van der Waals surface area contributed by atoms with Gasteiger partial charge in [0.1, 0.15) is 11.3 Å². The fourth-order valence-electron chi connectivity index (χ4n) is 7.29. The van der Waals surface area contributed by atoms with E-state index in [9.17, 15) is 4.79 Å². The van der Waals surface area contributed by atoms with Crippen molar-refractivity contribution in [1.29, 1.82) is 0 Å². The van der Waals surface area contributed by atoms with Gasteiger partial charge in [0.2, 0.25) is 0 Å². The van der Waals surface area contributed by atoms with Gasteiger partial charge in [-0.25, -0.2) is 9.37 Å². The predicted octanol–water partition coefficient (Wildman–Crippen LogP) is 5.18. The minimum absolute atomic E-state index is 0.0257. The van der Waals surface area contributed by atoms with Gasteiger partial charge in [0, 0.05) is 54.8 Å². The van der Waals surface area contributed by atoms with Crippen LogP contribution < -0.4 is 5.73 Å². The Morgan fingerprint density at radius 2 is 1.95 bits per heavy atom. The van der Waals surface area contributed by atoms with E-state index in [4.69, 9.17) is 10.7 Å². The molecule has 2 aromatic carbocycles. The van der Waals surface area contributed by atoms with E-state index < -0.39 is 5.82 Å². The molecular weight excluding hydrogens is 479 g/mol. The van der Waals surface area contributed by atoms with Crippen LogP contribution in [0.4, 0.5) is 4.39 Å². The van der Waals surface area contributed by atoms with Gasteiger partial charge in [0.15, 0.2) is 5.82 Å². The Hall–Kier alpha value is -3.65. The first-order valence-corrected chi connectivity index (χ1v) is 13.8. The zero-order valence-electron chi connectivity index (χ0n) is 21.5. The van der Waals surface area contributed by atoms with Crippen LogP contribution in [-0.2, 0) is 13.6 Å². The second-order valence-corrected chi connectivity index (χ2v) is 11.6. The molecule has 3 aromatic heterocycles. The number of halogens is 1. The van der Waals surface area contributed by atoms with Gasteiger partial charge in [0.25, 0.3) is 5.91 Å². The number of hydrogen-bond donors (Lipinski definition) is 2. The van der Waals surface area contributed by atoms with Gasteiger partial charge in [-0.3, -0.25) is 4.79 Å². The number of imidazole rings is 1. The van der Waals surface area contributed by atoms with Crippen molar-refractivity contribution >= 4 is 38.7 Å². The second kappa shape index (κ2) is 7.93. The summed E-state index contributed by atoms with van der Waals surface area (Å²) >= 11 is 0. The molecule has 0 spiro atoms. The summed E-state index contributed by atoms with van der Waals surface area (Å²) < 4.78 is 19.8. The minimum atomic E-state index is -0.422. The number of aromatic nitrogens is 4. The summed E-state index contributed by atoms with van der Waals surface area (Å²) in [6.07, 6.45) is 7.70. The lowest BCUT2D eigenvalue weighted by Crippen LogP contribution is -2.41. The number of benzene rings is 2. The van der Waals surface area contributed by atoms with Gasteiger partial charge in [0.05, 0.1) is 22.2 Å². The molecule has 2 saturated carbocycles. The summed E-state index contributed by atoms with van der Waals surface area (Å²) in [6, 6.07) is 11.8. The predicted molar refractivity (Wildman–Crippen MR) is 146 cm³/mol. The Morgan fingerprint density at radius 1 is 1.11 bits per heavy atom. The number of nitrogens with zero attached hydrogens (tertiary/aromatic N) is 4. The number of carbonyl (C=O) groups is 1. The van der Waals surface area contributed by atoms with Crippen molar-refractivity contribution < 1.29 is 9.18 Å². The van der Waals surface area contributed by atoms with E-state index in [0.717, 1.165) is 36.0 Å². The minimum Gasteiger partial charge on any atom is -0.359 e. The van der Waals surface area contributed by atoms with Crippen LogP contribution in [0.3, 0.4) is 0 Å². The van der Waals surface area contributed by atoms with Crippen molar-refractivity contribution in [3.63, 3.8) is 0 Å². The number of likely N-dealkylation sites (tertiary alicyclic amines) is 1. The van der Waals surface area contributed by atoms with Gasteiger partial charge >= 0.3 is 0 Å². The standard InChI is InChI=1S/C30H31FN6O/c1-35-28-21(31)11-20(30(38)37-15-19-7-8-23(37)25(19)32)12-22(28)34-29(35)24-13-18-6-5-17-9-10-33-26(17)27(18)36(24)14-16-3-2-4-16/h5-6,9-13,16,19,23,25,33H,2-4,7-8,14-15,32H2,1H3/t19-,23-,25-/m1/s1. The third kappa shape index (κ3) is 3.04. The van der Waals surface area contributed by atoms with Crippen molar-refractivity contribution in [2.24, 2.45) is 24.6 Å². The van der Waals surface area contributed by atoms with Gasteiger partial charge in [-0.05, 0) is 61.8 Å². The van der Waals surface area contributed by atoms with Gasteiger partial charge in [-0.15, -0.1) is 0 Å².